The molecule has 0 spiro atoms. The highest BCUT2D eigenvalue weighted by atomic mass is 16.6. The topological polar surface area (TPSA) is 198 Å². The molecule has 0 radical (unpaired) electrons. The van der Waals surface area contributed by atoms with Crippen LogP contribution in [0.15, 0.2) is 48.7 Å². The van der Waals surface area contributed by atoms with E-state index in [1.54, 1.807) is 56.8 Å². The molecule has 3 rings (SSSR count). The summed E-state index contributed by atoms with van der Waals surface area (Å²) in [5.41, 5.74) is 0.995. The van der Waals surface area contributed by atoms with Crippen LogP contribution in [0.2, 0.25) is 0 Å². The molecule has 374 valence electrons. The molecule has 9 atom stereocenters. The summed E-state index contributed by atoms with van der Waals surface area (Å²) in [4.78, 5) is 91.4. The van der Waals surface area contributed by atoms with E-state index >= 15 is 0 Å². The second-order valence-electron chi connectivity index (χ2n) is 19.1. The fraction of sp³-hybridized carbons (Fsp3) is 0.660. The van der Waals surface area contributed by atoms with Gasteiger partial charge in [0, 0.05) is 47.0 Å². The number of nitrogens with one attached hydrogen (secondary N) is 3. The van der Waals surface area contributed by atoms with Crippen LogP contribution in [0.4, 0.5) is 10.6 Å². The number of esters is 1. The van der Waals surface area contributed by atoms with Crippen LogP contribution in [0.1, 0.15) is 106 Å². The van der Waals surface area contributed by atoms with Gasteiger partial charge < -0.3 is 39.4 Å². The van der Waals surface area contributed by atoms with Gasteiger partial charge in [-0.1, -0.05) is 78.3 Å². The number of hydrogen-bond acceptors (Lipinski definition) is 12. The number of carbonyl (C=O) groups is 6. The molecule has 5 amide bonds. The second kappa shape index (κ2) is 26.4. The monoisotopic (exact) mass is 938 g/mol. The maximum absolute atomic E-state index is 14.5. The molecule has 0 saturated carbocycles. The zero-order chi connectivity index (χ0) is 50.2. The highest BCUT2D eigenvalue weighted by Crippen LogP contribution is 2.30. The maximum Gasteiger partial charge on any atom is 0.413 e. The van der Waals surface area contributed by atoms with E-state index in [9.17, 15) is 28.8 Å². The Kier molecular flexibility index (Phi) is 22.2. The summed E-state index contributed by atoms with van der Waals surface area (Å²) < 4.78 is 22.4. The van der Waals surface area contributed by atoms with Crippen molar-refractivity contribution >= 4 is 41.5 Å². The molecule has 1 aliphatic heterocycles. The number of hydrogen-bond donors (Lipinski definition) is 3. The Morgan fingerprint density at radius 1 is 0.866 bits per heavy atom. The summed E-state index contributed by atoms with van der Waals surface area (Å²) in [5, 5.41) is 8.56. The van der Waals surface area contributed by atoms with Crippen molar-refractivity contribution < 1.29 is 47.7 Å². The third-order valence-electron chi connectivity index (χ3n) is 12.6. The normalized spacial score (nSPS) is 17.6. The van der Waals surface area contributed by atoms with E-state index in [1.807, 2.05) is 83.0 Å². The minimum absolute atomic E-state index is 0.0362. The smallest absolute Gasteiger partial charge is 0.413 e. The van der Waals surface area contributed by atoms with Gasteiger partial charge in [0.1, 0.15) is 23.5 Å². The Hall–Kier alpha value is -5.13. The van der Waals surface area contributed by atoms with Crippen molar-refractivity contribution in [3.8, 4) is 0 Å². The van der Waals surface area contributed by atoms with Crippen LogP contribution in [0.3, 0.4) is 0 Å². The van der Waals surface area contributed by atoms with Gasteiger partial charge in [-0.05, 0) is 82.2 Å². The lowest BCUT2D eigenvalue weighted by Crippen LogP contribution is -2.58. The van der Waals surface area contributed by atoms with E-state index in [2.05, 4.69) is 20.9 Å². The average Bonchev–Trinajstić information content (AvgIpc) is 3.76. The van der Waals surface area contributed by atoms with Crippen LogP contribution >= 0.6 is 0 Å². The number of ether oxygens (including phenoxy) is 4. The Balaban J connectivity index is 1.75. The molecule has 17 nitrogen and oxygen atoms in total. The fourth-order valence-corrected chi connectivity index (χ4v) is 9.08. The number of likely N-dealkylation sites (N-methyl/N-ethyl adjacent to an activating group) is 2. The van der Waals surface area contributed by atoms with Gasteiger partial charge in [0.15, 0.2) is 0 Å². The predicted octanol–water partition coefficient (Wildman–Crippen LogP) is 5.60. The summed E-state index contributed by atoms with van der Waals surface area (Å²) in [5.74, 6) is -2.40. The average molecular weight is 938 g/mol. The van der Waals surface area contributed by atoms with Crippen LogP contribution in [-0.2, 0) is 55.9 Å². The first-order valence-electron chi connectivity index (χ1n) is 23.6. The van der Waals surface area contributed by atoms with Crippen LogP contribution in [-0.4, -0.2) is 145 Å². The van der Waals surface area contributed by atoms with E-state index in [1.165, 1.54) is 21.3 Å². The molecule has 17 heteroatoms. The van der Waals surface area contributed by atoms with Gasteiger partial charge in [0.05, 0.1) is 49.8 Å². The lowest BCUT2D eigenvalue weighted by atomic mass is 9.90. The SMILES string of the molecule is CCC(NC(=O)C(C(C)C)N(C)Cc1ccnc(NC(=O)OC(C)(C)C)c1)C(=O)N(C)C(C(C)CC)C(CC(=O)N1CCCC1C(OC)C(C)C(=O)NC(Cc1ccccc1)C(=O)OC)OC. The van der Waals surface area contributed by atoms with Crippen LogP contribution < -0.4 is 16.0 Å². The number of methoxy groups -OCH3 is 3. The molecular formula is C50H79N7O10. The molecule has 2 heterocycles. The van der Waals surface area contributed by atoms with Gasteiger partial charge >= 0.3 is 12.1 Å². The summed E-state index contributed by atoms with van der Waals surface area (Å²) in [6, 6.07) is 9.54. The number of likely N-dealkylation sites (tertiary alicyclic amines) is 1. The summed E-state index contributed by atoms with van der Waals surface area (Å²) in [6.45, 7) is 17.6. The van der Waals surface area contributed by atoms with E-state index < -0.39 is 71.9 Å². The zero-order valence-electron chi connectivity index (χ0n) is 42.4. The van der Waals surface area contributed by atoms with E-state index in [-0.39, 0.29) is 42.4 Å². The van der Waals surface area contributed by atoms with Crippen molar-refractivity contribution in [1.29, 1.82) is 0 Å². The maximum atomic E-state index is 14.5. The summed E-state index contributed by atoms with van der Waals surface area (Å²) >= 11 is 0. The van der Waals surface area contributed by atoms with Gasteiger partial charge in [-0.15, -0.1) is 0 Å². The largest absolute Gasteiger partial charge is 0.467 e. The number of amides is 5. The molecule has 0 aliphatic carbocycles. The number of anilines is 1. The molecule has 1 aromatic heterocycles. The molecule has 1 fully saturated rings. The molecule has 1 saturated heterocycles. The highest BCUT2D eigenvalue weighted by Gasteiger charge is 2.43. The van der Waals surface area contributed by atoms with Crippen molar-refractivity contribution in [2.75, 3.05) is 47.3 Å². The predicted molar refractivity (Wildman–Crippen MR) is 257 cm³/mol. The number of nitrogens with zero attached hydrogens (tertiary/aromatic N) is 4. The van der Waals surface area contributed by atoms with Gasteiger partial charge in [-0.2, -0.15) is 0 Å². The lowest BCUT2D eigenvalue weighted by Gasteiger charge is -2.40. The van der Waals surface area contributed by atoms with Crippen LogP contribution in [0.25, 0.3) is 0 Å². The van der Waals surface area contributed by atoms with E-state index in [0.717, 1.165) is 11.1 Å². The second-order valence-corrected chi connectivity index (χ2v) is 19.1. The number of carbonyl (C=O) groups excluding carboxylic acids is 6. The van der Waals surface area contributed by atoms with Crippen LogP contribution in [0, 0.1) is 17.8 Å². The summed E-state index contributed by atoms with van der Waals surface area (Å²) in [6.07, 6.45) is 2.11. The molecule has 0 bridgehead atoms. The lowest BCUT2D eigenvalue weighted by molar-refractivity contribution is -0.148. The van der Waals surface area contributed by atoms with Crippen molar-refractivity contribution in [1.82, 2.24) is 30.3 Å². The van der Waals surface area contributed by atoms with Gasteiger partial charge in [-0.25, -0.2) is 14.6 Å². The molecule has 9 unspecified atom stereocenters. The molecule has 3 N–H and O–H groups in total. The van der Waals surface area contributed by atoms with E-state index in [4.69, 9.17) is 18.9 Å². The molecule has 67 heavy (non-hydrogen) atoms. The molecule has 1 aliphatic rings. The first kappa shape index (κ1) is 56.2. The minimum atomic E-state index is -0.914. The number of rotatable bonds is 24. The van der Waals surface area contributed by atoms with Crippen LogP contribution in [0.5, 0.6) is 0 Å². The van der Waals surface area contributed by atoms with Crippen molar-refractivity contribution in [3.63, 3.8) is 0 Å². The Morgan fingerprint density at radius 3 is 2.09 bits per heavy atom. The third-order valence-corrected chi connectivity index (χ3v) is 12.6. The Morgan fingerprint density at radius 2 is 1.52 bits per heavy atom. The van der Waals surface area contributed by atoms with Gasteiger partial charge in [0.25, 0.3) is 0 Å². The highest BCUT2D eigenvalue weighted by molar-refractivity contribution is 5.90. The number of benzene rings is 1. The zero-order valence-corrected chi connectivity index (χ0v) is 42.4. The first-order valence-corrected chi connectivity index (χ1v) is 23.6. The van der Waals surface area contributed by atoms with Crippen molar-refractivity contribution in [2.24, 2.45) is 17.8 Å². The Bertz CT molecular complexity index is 1930. The van der Waals surface area contributed by atoms with Gasteiger partial charge in [0.2, 0.25) is 23.6 Å². The van der Waals surface area contributed by atoms with Crippen molar-refractivity contribution in [2.45, 2.75) is 155 Å². The Labute approximate surface area is 398 Å². The molecule has 2 aromatic rings. The van der Waals surface area contributed by atoms with Gasteiger partial charge in [-0.3, -0.25) is 29.4 Å². The number of aromatic nitrogens is 1. The standard InChI is InChI=1S/C50H79N7O10/c1-15-32(5)43(56(11)47(61)36(16-2)52-46(60)42(31(3)4)55(10)30-35-24-25-51-40(28-35)54-49(63)67-50(7,8)9)39(64-12)29-41(58)57-26-20-23-38(57)44(65-13)33(6)45(59)53-37(48(62)66-14)27-34-21-18-17-19-22-34/h17-19,21-22,24-25,28,31-33,36-39,42-44H,15-16,20,23,26-27,29-30H2,1-14H3,(H,52,60)(H,53,59)(H,51,54,63). The first-order chi connectivity index (χ1) is 31.6. The minimum Gasteiger partial charge on any atom is -0.467 e. The van der Waals surface area contributed by atoms with Crippen molar-refractivity contribution in [3.05, 3.63) is 59.8 Å². The van der Waals surface area contributed by atoms with E-state index in [0.29, 0.717) is 44.6 Å². The third kappa shape index (κ3) is 16.3. The quantitative estimate of drug-likeness (QED) is 0.110. The molecule has 1 aromatic carbocycles. The molecular weight excluding hydrogens is 859 g/mol. The number of pyridine rings is 1. The summed E-state index contributed by atoms with van der Waals surface area (Å²) in [7, 11) is 7.87. The fourth-order valence-electron chi connectivity index (χ4n) is 9.08.